The molecule has 0 saturated carbocycles. The maximum Gasteiger partial charge on any atom is 0.242 e. The minimum absolute atomic E-state index is 0.227. The molecule has 1 aromatic rings. The van der Waals surface area contributed by atoms with Gasteiger partial charge in [-0.15, -0.1) is 0 Å². The van der Waals surface area contributed by atoms with Crippen molar-refractivity contribution in [2.24, 2.45) is 5.92 Å². The molecule has 0 radical (unpaired) electrons. The predicted molar refractivity (Wildman–Crippen MR) is 83.2 cm³/mol. The Morgan fingerprint density at radius 3 is 2.15 bits per heavy atom. The summed E-state index contributed by atoms with van der Waals surface area (Å²) in [4.78, 5) is 0.355. The molecule has 0 amide bonds. The molecule has 0 fully saturated rings. The van der Waals surface area contributed by atoms with E-state index in [4.69, 9.17) is 0 Å². The summed E-state index contributed by atoms with van der Waals surface area (Å²) in [5.74, 6) is 0.308. The lowest BCUT2D eigenvalue weighted by atomic mass is 10.1. The Labute approximate surface area is 123 Å². The monoisotopic (exact) mass is 298 g/mol. The molecular formula is C15H26N2O2S. The maximum absolute atomic E-state index is 12.4. The summed E-state index contributed by atoms with van der Waals surface area (Å²) in [7, 11) is -1.75. The second kappa shape index (κ2) is 7.20. The Kier molecular flexibility index (Phi) is 6.17. The maximum atomic E-state index is 12.4. The van der Waals surface area contributed by atoms with Gasteiger partial charge in [0.05, 0.1) is 4.90 Å². The van der Waals surface area contributed by atoms with Gasteiger partial charge in [-0.3, -0.25) is 0 Å². The van der Waals surface area contributed by atoms with Gasteiger partial charge in [-0.1, -0.05) is 32.9 Å². The molecule has 5 heteroatoms. The van der Waals surface area contributed by atoms with Crippen LogP contribution in [-0.2, 0) is 10.0 Å². The zero-order valence-electron chi connectivity index (χ0n) is 13.1. The molecule has 0 aliphatic carbocycles. The summed E-state index contributed by atoms with van der Waals surface area (Å²) in [6.07, 6.45) is 0. The third kappa shape index (κ3) is 4.30. The van der Waals surface area contributed by atoms with E-state index in [0.717, 1.165) is 12.1 Å². The van der Waals surface area contributed by atoms with E-state index in [9.17, 15) is 8.42 Å². The Hall–Kier alpha value is -0.910. The van der Waals surface area contributed by atoms with Gasteiger partial charge in [-0.05, 0) is 37.1 Å². The van der Waals surface area contributed by atoms with Crippen LogP contribution >= 0.6 is 0 Å². The molecule has 20 heavy (non-hydrogen) atoms. The Morgan fingerprint density at radius 2 is 1.70 bits per heavy atom. The lowest BCUT2D eigenvalue weighted by Crippen LogP contribution is -2.30. The van der Waals surface area contributed by atoms with Crippen molar-refractivity contribution in [2.45, 2.75) is 38.6 Å². The Balaban J connectivity index is 2.92. The van der Waals surface area contributed by atoms with E-state index in [2.05, 4.69) is 19.2 Å². The fourth-order valence-corrected chi connectivity index (χ4v) is 3.48. The topological polar surface area (TPSA) is 49.4 Å². The van der Waals surface area contributed by atoms with E-state index >= 15 is 0 Å². The summed E-state index contributed by atoms with van der Waals surface area (Å²) < 4.78 is 26.2. The molecule has 0 spiro atoms. The quantitative estimate of drug-likeness (QED) is 0.842. The Morgan fingerprint density at radius 1 is 1.15 bits per heavy atom. The van der Waals surface area contributed by atoms with Crippen molar-refractivity contribution in [3.05, 3.63) is 29.8 Å². The molecule has 0 saturated heterocycles. The van der Waals surface area contributed by atoms with Crippen LogP contribution in [0.5, 0.6) is 0 Å². The van der Waals surface area contributed by atoms with Crippen LogP contribution in [0.15, 0.2) is 29.2 Å². The van der Waals surface area contributed by atoms with Crippen molar-refractivity contribution in [3.8, 4) is 0 Å². The Bertz CT molecular complexity index is 509. The molecule has 114 valence electrons. The summed E-state index contributed by atoms with van der Waals surface area (Å²) in [6.45, 7) is 9.55. The first-order valence-corrected chi connectivity index (χ1v) is 8.52. The van der Waals surface area contributed by atoms with Crippen LogP contribution in [0.2, 0.25) is 0 Å². The number of hydrogen-bond acceptors (Lipinski definition) is 3. The number of hydrogen-bond donors (Lipinski definition) is 1. The molecule has 0 aliphatic rings. The van der Waals surface area contributed by atoms with Gasteiger partial charge in [0.15, 0.2) is 0 Å². The van der Waals surface area contributed by atoms with Gasteiger partial charge in [0.1, 0.15) is 0 Å². The van der Waals surface area contributed by atoms with Crippen LogP contribution < -0.4 is 5.32 Å². The van der Waals surface area contributed by atoms with Gasteiger partial charge < -0.3 is 5.32 Å². The first-order chi connectivity index (χ1) is 9.28. The number of nitrogens with zero attached hydrogens (tertiary/aromatic N) is 1. The smallest absolute Gasteiger partial charge is 0.242 e. The molecule has 1 N–H and O–H groups in total. The highest BCUT2D eigenvalue weighted by Gasteiger charge is 2.21. The summed E-state index contributed by atoms with van der Waals surface area (Å²) >= 11 is 0. The van der Waals surface area contributed by atoms with Crippen LogP contribution in [0.4, 0.5) is 0 Å². The van der Waals surface area contributed by atoms with Gasteiger partial charge in [-0.25, -0.2) is 12.7 Å². The standard InChI is InChI=1S/C15H26N2O2S/c1-6-16-13(4)14-7-9-15(10-8-14)20(18,19)17(5)11-12(2)3/h7-10,12-13,16H,6,11H2,1-5H3. The molecule has 0 aliphatic heterocycles. The van der Waals surface area contributed by atoms with Crippen molar-refractivity contribution < 1.29 is 8.42 Å². The van der Waals surface area contributed by atoms with Gasteiger partial charge in [0, 0.05) is 19.6 Å². The molecule has 0 aromatic heterocycles. The van der Waals surface area contributed by atoms with Crippen LogP contribution in [0.25, 0.3) is 0 Å². The first-order valence-electron chi connectivity index (χ1n) is 7.08. The zero-order valence-corrected chi connectivity index (χ0v) is 13.9. The first kappa shape index (κ1) is 17.1. The van der Waals surface area contributed by atoms with Crippen molar-refractivity contribution in [2.75, 3.05) is 20.1 Å². The SMILES string of the molecule is CCNC(C)c1ccc(S(=O)(=O)N(C)CC(C)C)cc1. The minimum Gasteiger partial charge on any atom is -0.310 e. The average molecular weight is 298 g/mol. The van der Waals surface area contributed by atoms with E-state index in [0.29, 0.717) is 17.4 Å². The number of nitrogens with one attached hydrogen (secondary N) is 1. The van der Waals surface area contributed by atoms with Crippen molar-refractivity contribution >= 4 is 10.0 Å². The highest BCUT2D eigenvalue weighted by Crippen LogP contribution is 2.19. The van der Waals surface area contributed by atoms with E-state index in [1.165, 1.54) is 4.31 Å². The highest BCUT2D eigenvalue weighted by atomic mass is 32.2. The van der Waals surface area contributed by atoms with E-state index in [1.54, 1.807) is 19.2 Å². The third-order valence-electron chi connectivity index (χ3n) is 3.22. The van der Waals surface area contributed by atoms with Crippen LogP contribution in [-0.4, -0.2) is 32.9 Å². The number of rotatable bonds is 7. The molecule has 0 bridgehead atoms. The zero-order chi connectivity index (χ0) is 15.3. The highest BCUT2D eigenvalue weighted by molar-refractivity contribution is 7.89. The van der Waals surface area contributed by atoms with E-state index < -0.39 is 10.0 Å². The van der Waals surface area contributed by atoms with Gasteiger partial charge in [0.2, 0.25) is 10.0 Å². The number of benzene rings is 1. The lowest BCUT2D eigenvalue weighted by Gasteiger charge is -2.20. The van der Waals surface area contributed by atoms with E-state index in [1.807, 2.05) is 26.0 Å². The lowest BCUT2D eigenvalue weighted by molar-refractivity contribution is 0.417. The summed E-state index contributed by atoms with van der Waals surface area (Å²) in [5.41, 5.74) is 1.09. The molecule has 1 unspecified atom stereocenters. The van der Waals surface area contributed by atoms with Crippen LogP contribution in [0.1, 0.15) is 39.3 Å². The molecular weight excluding hydrogens is 272 g/mol. The predicted octanol–water partition coefficient (Wildman–Crippen LogP) is 2.63. The second-order valence-corrected chi connectivity index (χ2v) is 7.57. The second-order valence-electron chi connectivity index (χ2n) is 5.53. The van der Waals surface area contributed by atoms with Crippen molar-refractivity contribution in [3.63, 3.8) is 0 Å². The fraction of sp³-hybridized carbons (Fsp3) is 0.600. The van der Waals surface area contributed by atoms with Crippen LogP contribution in [0, 0.1) is 5.92 Å². The minimum atomic E-state index is -3.38. The van der Waals surface area contributed by atoms with E-state index in [-0.39, 0.29) is 6.04 Å². The summed E-state index contributed by atoms with van der Waals surface area (Å²) in [5, 5.41) is 3.31. The number of sulfonamides is 1. The molecule has 4 nitrogen and oxygen atoms in total. The molecule has 1 aromatic carbocycles. The summed E-state index contributed by atoms with van der Waals surface area (Å²) in [6, 6.07) is 7.36. The molecule has 0 heterocycles. The van der Waals surface area contributed by atoms with Crippen molar-refractivity contribution in [1.82, 2.24) is 9.62 Å². The fourth-order valence-electron chi connectivity index (χ4n) is 2.14. The van der Waals surface area contributed by atoms with Gasteiger partial charge in [-0.2, -0.15) is 0 Å². The third-order valence-corrected chi connectivity index (χ3v) is 5.06. The van der Waals surface area contributed by atoms with Crippen LogP contribution in [0.3, 0.4) is 0 Å². The average Bonchev–Trinajstić information content (AvgIpc) is 2.38. The molecule has 1 atom stereocenters. The molecule has 1 rings (SSSR count). The van der Waals surface area contributed by atoms with Crippen molar-refractivity contribution in [1.29, 1.82) is 0 Å². The normalized spacial score (nSPS) is 13.9. The largest absolute Gasteiger partial charge is 0.310 e. The van der Waals surface area contributed by atoms with Gasteiger partial charge >= 0.3 is 0 Å². The van der Waals surface area contributed by atoms with Gasteiger partial charge in [0.25, 0.3) is 0 Å².